The molecule has 128 valence electrons. The van der Waals surface area contributed by atoms with Gasteiger partial charge in [-0.1, -0.05) is 26.0 Å². The normalized spacial score (nSPS) is 32.5. The maximum Gasteiger partial charge on any atom is 0.333 e. The van der Waals surface area contributed by atoms with Crippen LogP contribution in [0.1, 0.15) is 47.5 Å². The van der Waals surface area contributed by atoms with Crippen molar-refractivity contribution in [3.8, 4) is 0 Å². The minimum Gasteiger partial charge on any atom is -0.458 e. The van der Waals surface area contributed by atoms with E-state index < -0.39 is 0 Å². The zero-order chi connectivity index (χ0) is 17.6. The molecule has 4 nitrogen and oxygen atoms in total. The minimum absolute atomic E-state index is 0.00145. The van der Waals surface area contributed by atoms with Gasteiger partial charge in [0, 0.05) is 34.6 Å². The Bertz CT molecular complexity index is 738. The van der Waals surface area contributed by atoms with Crippen LogP contribution in [0.25, 0.3) is 0 Å². The molecule has 2 aliphatic carbocycles. The number of ether oxygens (including phenoxy) is 1. The summed E-state index contributed by atoms with van der Waals surface area (Å²) in [6.07, 6.45) is 7.41. The minimum atomic E-state index is -0.241. The second kappa shape index (κ2) is 5.76. The van der Waals surface area contributed by atoms with Crippen LogP contribution in [0.2, 0.25) is 0 Å². The number of hydrogen-bond acceptors (Lipinski definition) is 3. The summed E-state index contributed by atoms with van der Waals surface area (Å²) >= 11 is 0. The molecular formula is C20H25NO3. The number of carbonyl (C=O) groups is 2. The largest absolute Gasteiger partial charge is 0.458 e. The third-order valence-electron chi connectivity index (χ3n) is 6.02. The molecule has 3 atom stereocenters. The Kier molecular flexibility index (Phi) is 4.02. The van der Waals surface area contributed by atoms with Gasteiger partial charge < -0.3 is 10.1 Å². The number of hydrogen-bond donors (Lipinski definition) is 1. The lowest BCUT2D eigenvalue weighted by Crippen LogP contribution is -2.42. The highest BCUT2D eigenvalue weighted by Gasteiger charge is 2.47. The van der Waals surface area contributed by atoms with Crippen LogP contribution in [-0.2, 0) is 14.3 Å². The maximum absolute atomic E-state index is 12.1. The zero-order valence-corrected chi connectivity index (χ0v) is 15.0. The smallest absolute Gasteiger partial charge is 0.333 e. The lowest BCUT2D eigenvalue weighted by molar-refractivity contribution is -0.149. The van der Waals surface area contributed by atoms with E-state index >= 15 is 0 Å². The molecule has 3 aliphatic rings. The van der Waals surface area contributed by atoms with E-state index in [4.69, 9.17) is 4.74 Å². The van der Waals surface area contributed by atoms with Crippen molar-refractivity contribution in [2.24, 2.45) is 11.3 Å². The molecular weight excluding hydrogens is 302 g/mol. The molecule has 0 saturated carbocycles. The van der Waals surface area contributed by atoms with Crippen LogP contribution in [-0.4, -0.2) is 18.0 Å². The van der Waals surface area contributed by atoms with E-state index in [-0.39, 0.29) is 29.3 Å². The fourth-order valence-electron chi connectivity index (χ4n) is 3.84. The van der Waals surface area contributed by atoms with Crippen molar-refractivity contribution in [3.63, 3.8) is 0 Å². The van der Waals surface area contributed by atoms with E-state index in [1.54, 1.807) is 13.0 Å². The second-order valence-electron chi connectivity index (χ2n) is 7.31. The van der Waals surface area contributed by atoms with Crippen molar-refractivity contribution in [2.75, 3.05) is 0 Å². The Morgan fingerprint density at radius 2 is 2.17 bits per heavy atom. The Balaban J connectivity index is 1.91. The molecule has 0 aromatic carbocycles. The number of nitrogens with one attached hydrogen (secondary N) is 1. The van der Waals surface area contributed by atoms with Crippen LogP contribution >= 0.6 is 0 Å². The number of esters is 1. The van der Waals surface area contributed by atoms with Crippen LogP contribution in [0.3, 0.4) is 0 Å². The standard InChI is InChI=1S/C20H25NO3/c1-6-11(2)19(23)24-17-8-7-14-9-16-15(12(3)18(22)21-16)10-20(14,5)13(17)4/h6-7,9,13,17H,8,10H2,1-5H3,(H,21,22)/b11-6+/t13-,17-,20+/m0/s1. The molecule has 0 aromatic heterocycles. The first-order valence-corrected chi connectivity index (χ1v) is 8.55. The zero-order valence-electron chi connectivity index (χ0n) is 15.0. The highest BCUT2D eigenvalue weighted by Crippen LogP contribution is 2.52. The Morgan fingerprint density at radius 3 is 2.83 bits per heavy atom. The van der Waals surface area contributed by atoms with Gasteiger partial charge in [0.25, 0.3) is 5.91 Å². The van der Waals surface area contributed by atoms with Crippen molar-refractivity contribution < 1.29 is 14.3 Å². The van der Waals surface area contributed by atoms with Gasteiger partial charge in [-0.05, 0) is 44.4 Å². The molecule has 0 aromatic rings. The van der Waals surface area contributed by atoms with Crippen molar-refractivity contribution >= 4 is 11.9 Å². The van der Waals surface area contributed by atoms with Crippen LogP contribution < -0.4 is 5.32 Å². The van der Waals surface area contributed by atoms with Crippen LogP contribution in [0.4, 0.5) is 0 Å². The summed E-state index contributed by atoms with van der Waals surface area (Å²) in [6.45, 7) is 9.85. The summed E-state index contributed by atoms with van der Waals surface area (Å²) in [7, 11) is 0. The van der Waals surface area contributed by atoms with Gasteiger partial charge in [0.1, 0.15) is 6.10 Å². The molecule has 4 heteroatoms. The molecule has 0 saturated heterocycles. The van der Waals surface area contributed by atoms with Crippen molar-refractivity contribution in [1.29, 1.82) is 0 Å². The number of amides is 1. The molecule has 0 radical (unpaired) electrons. The van der Waals surface area contributed by atoms with Gasteiger partial charge >= 0.3 is 5.97 Å². The molecule has 24 heavy (non-hydrogen) atoms. The average Bonchev–Trinajstić information content (AvgIpc) is 2.82. The summed E-state index contributed by atoms with van der Waals surface area (Å²) < 4.78 is 5.76. The van der Waals surface area contributed by atoms with E-state index in [0.717, 1.165) is 23.3 Å². The summed E-state index contributed by atoms with van der Waals surface area (Å²) in [6, 6.07) is 0. The predicted octanol–water partition coefficient (Wildman–Crippen LogP) is 3.57. The first kappa shape index (κ1) is 16.7. The van der Waals surface area contributed by atoms with Gasteiger partial charge in [0.05, 0.1) is 0 Å². The van der Waals surface area contributed by atoms with Crippen molar-refractivity contribution in [3.05, 3.63) is 46.2 Å². The number of carbonyl (C=O) groups excluding carboxylic acids is 2. The van der Waals surface area contributed by atoms with Crippen LogP contribution in [0.5, 0.6) is 0 Å². The van der Waals surface area contributed by atoms with Gasteiger partial charge in [-0.3, -0.25) is 4.79 Å². The van der Waals surface area contributed by atoms with E-state index in [1.807, 2.05) is 13.8 Å². The first-order chi connectivity index (χ1) is 11.3. The van der Waals surface area contributed by atoms with E-state index in [9.17, 15) is 9.59 Å². The SMILES string of the molecule is C/C=C(\C)C(=O)O[C@H]1CC=C2C=C3NC(=O)C(C)=C3C[C@]2(C)[C@H]1C. The molecule has 3 rings (SSSR count). The molecule has 1 aliphatic heterocycles. The number of rotatable bonds is 2. The summed E-state index contributed by atoms with van der Waals surface area (Å²) in [5, 5.41) is 2.95. The van der Waals surface area contributed by atoms with Crippen LogP contribution in [0.15, 0.2) is 46.2 Å². The molecule has 0 bridgehead atoms. The lowest BCUT2D eigenvalue weighted by atomic mass is 9.60. The first-order valence-electron chi connectivity index (χ1n) is 8.55. The lowest BCUT2D eigenvalue weighted by Gasteiger charge is -2.46. The number of allylic oxidation sites excluding steroid dienone is 4. The predicted molar refractivity (Wildman–Crippen MR) is 92.8 cm³/mol. The maximum atomic E-state index is 12.1. The summed E-state index contributed by atoms with van der Waals surface area (Å²) in [4.78, 5) is 24.1. The molecule has 1 N–H and O–H groups in total. The average molecular weight is 327 g/mol. The summed E-state index contributed by atoms with van der Waals surface area (Å²) in [5.74, 6) is -0.0618. The highest BCUT2D eigenvalue weighted by molar-refractivity contribution is 6.00. The Morgan fingerprint density at radius 1 is 1.46 bits per heavy atom. The van der Waals surface area contributed by atoms with Gasteiger partial charge in [0.2, 0.25) is 0 Å². The number of fused-ring (bicyclic) bond motifs is 2. The molecule has 1 heterocycles. The van der Waals surface area contributed by atoms with Crippen molar-refractivity contribution in [2.45, 2.75) is 53.6 Å². The van der Waals surface area contributed by atoms with Gasteiger partial charge in [-0.2, -0.15) is 0 Å². The molecule has 0 spiro atoms. The second-order valence-corrected chi connectivity index (χ2v) is 7.31. The van der Waals surface area contributed by atoms with E-state index in [0.29, 0.717) is 12.0 Å². The van der Waals surface area contributed by atoms with Gasteiger partial charge in [-0.15, -0.1) is 0 Å². The van der Waals surface area contributed by atoms with E-state index in [1.165, 1.54) is 5.57 Å². The fraction of sp³-hybridized carbons (Fsp3) is 0.500. The molecule has 0 unspecified atom stereocenters. The monoisotopic (exact) mass is 327 g/mol. The summed E-state index contributed by atoms with van der Waals surface area (Å²) in [5.41, 5.74) is 4.59. The topological polar surface area (TPSA) is 55.4 Å². The quantitative estimate of drug-likeness (QED) is 0.623. The Labute approximate surface area is 143 Å². The van der Waals surface area contributed by atoms with Gasteiger partial charge in [-0.25, -0.2) is 4.79 Å². The van der Waals surface area contributed by atoms with Gasteiger partial charge in [0.15, 0.2) is 0 Å². The van der Waals surface area contributed by atoms with Crippen LogP contribution in [0, 0.1) is 11.3 Å². The van der Waals surface area contributed by atoms with E-state index in [2.05, 4.69) is 31.3 Å². The Hall–Kier alpha value is -2.10. The van der Waals surface area contributed by atoms with Crippen molar-refractivity contribution in [1.82, 2.24) is 5.32 Å². The fourth-order valence-corrected chi connectivity index (χ4v) is 3.84. The highest BCUT2D eigenvalue weighted by atomic mass is 16.5. The third kappa shape index (κ3) is 2.45. The third-order valence-corrected chi connectivity index (χ3v) is 6.02. The molecule has 0 fully saturated rings. The molecule has 1 amide bonds.